The molecule has 3 nitrogen and oxygen atoms in total. The molecular weight excluding hydrogens is 244 g/mol. The number of amides is 1. The minimum absolute atomic E-state index is 0.132. The number of benzene rings is 1. The smallest absolute Gasteiger partial charge is 0.256 e. The lowest BCUT2D eigenvalue weighted by Gasteiger charge is -2.08. The van der Waals surface area contributed by atoms with E-state index in [0.29, 0.717) is 16.8 Å². The molecule has 18 heavy (non-hydrogen) atoms. The minimum atomic E-state index is -0.132. The Morgan fingerprint density at radius 2 is 2.06 bits per heavy atom. The quantitative estimate of drug-likeness (QED) is 0.894. The van der Waals surface area contributed by atoms with Gasteiger partial charge in [-0.05, 0) is 42.5 Å². The molecule has 2 rings (SSSR count). The van der Waals surface area contributed by atoms with Crippen LogP contribution in [0.4, 0.5) is 5.69 Å². The topological polar surface area (TPSA) is 52.9 Å². The maximum atomic E-state index is 12.1. The first-order valence-electron chi connectivity index (χ1n) is 5.46. The molecule has 0 aliphatic rings. The summed E-state index contributed by atoms with van der Waals surface area (Å²) in [4.78, 5) is 12.1. The summed E-state index contributed by atoms with van der Waals surface area (Å²) < 4.78 is 0. The van der Waals surface area contributed by atoms with Crippen LogP contribution in [0.15, 0.2) is 29.0 Å². The van der Waals surface area contributed by atoms with E-state index in [-0.39, 0.29) is 5.91 Å². The third-order valence-electron chi connectivity index (χ3n) is 2.72. The van der Waals surface area contributed by atoms with E-state index in [1.165, 1.54) is 11.3 Å². The molecule has 0 saturated heterocycles. The van der Waals surface area contributed by atoms with Crippen molar-refractivity contribution >= 4 is 22.9 Å². The fourth-order valence-corrected chi connectivity index (χ4v) is 2.44. The van der Waals surface area contributed by atoms with Crippen molar-refractivity contribution in [1.82, 2.24) is 0 Å². The number of nitrogens with zero attached hydrogens (tertiary/aromatic N) is 1. The van der Waals surface area contributed by atoms with Gasteiger partial charge < -0.3 is 5.32 Å². The van der Waals surface area contributed by atoms with Gasteiger partial charge in [0.15, 0.2) is 0 Å². The van der Waals surface area contributed by atoms with E-state index in [1.807, 2.05) is 30.7 Å². The van der Waals surface area contributed by atoms with E-state index in [0.717, 1.165) is 11.1 Å². The molecule has 1 N–H and O–H groups in total. The van der Waals surface area contributed by atoms with Crippen molar-refractivity contribution in [2.45, 2.75) is 13.8 Å². The maximum absolute atomic E-state index is 12.1. The van der Waals surface area contributed by atoms with Crippen molar-refractivity contribution in [3.63, 3.8) is 0 Å². The molecule has 1 amide bonds. The molecule has 1 heterocycles. The fourth-order valence-electron chi connectivity index (χ4n) is 1.61. The van der Waals surface area contributed by atoms with Crippen molar-refractivity contribution in [3.05, 3.63) is 51.2 Å². The molecule has 0 spiro atoms. The predicted molar refractivity (Wildman–Crippen MR) is 72.9 cm³/mol. The summed E-state index contributed by atoms with van der Waals surface area (Å²) in [6, 6.07) is 7.32. The molecule has 0 bridgehead atoms. The first-order chi connectivity index (χ1) is 8.61. The van der Waals surface area contributed by atoms with Gasteiger partial charge in [-0.25, -0.2) is 0 Å². The van der Waals surface area contributed by atoms with Gasteiger partial charge in [-0.1, -0.05) is 6.07 Å². The van der Waals surface area contributed by atoms with Gasteiger partial charge in [0, 0.05) is 11.1 Å². The van der Waals surface area contributed by atoms with E-state index >= 15 is 0 Å². The van der Waals surface area contributed by atoms with Gasteiger partial charge in [-0.3, -0.25) is 4.79 Å². The van der Waals surface area contributed by atoms with E-state index in [2.05, 4.69) is 11.4 Å². The van der Waals surface area contributed by atoms with Crippen LogP contribution >= 0.6 is 11.3 Å². The Kier molecular flexibility index (Phi) is 3.45. The lowest BCUT2D eigenvalue weighted by Crippen LogP contribution is -2.13. The highest BCUT2D eigenvalue weighted by Gasteiger charge is 2.11. The number of hydrogen-bond donors (Lipinski definition) is 1. The third-order valence-corrected chi connectivity index (χ3v) is 3.58. The summed E-state index contributed by atoms with van der Waals surface area (Å²) in [5.41, 5.74) is 3.81. The number of thiophene rings is 1. The molecule has 90 valence electrons. The number of rotatable bonds is 2. The molecule has 1 aromatic carbocycles. The molecule has 0 aliphatic heterocycles. The lowest BCUT2D eigenvalue weighted by atomic mass is 10.1. The molecular formula is C14H12N2OS. The second-order valence-electron chi connectivity index (χ2n) is 4.06. The van der Waals surface area contributed by atoms with E-state index in [4.69, 9.17) is 5.26 Å². The summed E-state index contributed by atoms with van der Waals surface area (Å²) in [6.07, 6.45) is 0. The molecule has 0 unspecified atom stereocenters. The minimum Gasteiger partial charge on any atom is -0.322 e. The van der Waals surface area contributed by atoms with Crippen LogP contribution in [0.1, 0.15) is 27.0 Å². The highest BCUT2D eigenvalue weighted by atomic mass is 32.1. The van der Waals surface area contributed by atoms with Crippen molar-refractivity contribution in [2.24, 2.45) is 0 Å². The zero-order valence-electron chi connectivity index (χ0n) is 10.2. The van der Waals surface area contributed by atoms with Gasteiger partial charge in [-0.2, -0.15) is 16.6 Å². The van der Waals surface area contributed by atoms with Gasteiger partial charge in [-0.15, -0.1) is 0 Å². The number of aryl methyl sites for hydroxylation is 2. The Hall–Kier alpha value is -2.12. The Morgan fingerprint density at radius 3 is 2.67 bits per heavy atom. The SMILES string of the molecule is Cc1ccc(C#N)cc1NC(=O)c1cscc1C. The van der Waals surface area contributed by atoms with Crippen LogP contribution in [-0.2, 0) is 0 Å². The Labute approximate surface area is 110 Å². The number of carbonyl (C=O) groups is 1. The molecule has 2 aromatic rings. The summed E-state index contributed by atoms with van der Waals surface area (Å²) in [7, 11) is 0. The standard InChI is InChI=1S/C14H12N2OS/c1-9-3-4-11(6-15)5-13(9)16-14(17)12-8-18-7-10(12)2/h3-5,7-8H,1-2H3,(H,16,17). The van der Waals surface area contributed by atoms with E-state index in [9.17, 15) is 4.79 Å². The predicted octanol–water partition coefficient (Wildman–Crippen LogP) is 3.49. The van der Waals surface area contributed by atoms with Crippen LogP contribution < -0.4 is 5.32 Å². The Balaban J connectivity index is 2.27. The number of nitriles is 1. The molecule has 0 radical (unpaired) electrons. The van der Waals surface area contributed by atoms with E-state index in [1.54, 1.807) is 12.1 Å². The van der Waals surface area contributed by atoms with Crippen LogP contribution in [0.2, 0.25) is 0 Å². The molecule has 4 heteroatoms. The summed E-state index contributed by atoms with van der Waals surface area (Å²) in [5, 5.41) is 15.5. The van der Waals surface area contributed by atoms with Gasteiger partial charge in [0.1, 0.15) is 0 Å². The number of nitrogens with one attached hydrogen (secondary N) is 1. The number of hydrogen-bond acceptors (Lipinski definition) is 3. The van der Waals surface area contributed by atoms with Crippen LogP contribution in [-0.4, -0.2) is 5.91 Å². The van der Waals surface area contributed by atoms with Crippen LogP contribution in [0.5, 0.6) is 0 Å². The third kappa shape index (κ3) is 2.41. The van der Waals surface area contributed by atoms with Crippen LogP contribution in [0, 0.1) is 25.2 Å². The average Bonchev–Trinajstić information content (AvgIpc) is 2.78. The van der Waals surface area contributed by atoms with Crippen molar-refractivity contribution in [1.29, 1.82) is 5.26 Å². The van der Waals surface area contributed by atoms with Crippen LogP contribution in [0.25, 0.3) is 0 Å². The molecule has 1 aromatic heterocycles. The second-order valence-corrected chi connectivity index (χ2v) is 4.81. The summed E-state index contributed by atoms with van der Waals surface area (Å²) in [5.74, 6) is -0.132. The normalized spacial score (nSPS) is 9.83. The zero-order chi connectivity index (χ0) is 13.1. The molecule has 0 atom stereocenters. The maximum Gasteiger partial charge on any atom is 0.256 e. The highest BCUT2D eigenvalue weighted by molar-refractivity contribution is 7.08. The van der Waals surface area contributed by atoms with E-state index < -0.39 is 0 Å². The monoisotopic (exact) mass is 256 g/mol. The fraction of sp³-hybridized carbons (Fsp3) is 0.143. The highest BCUT2D eigenvalue weighted by Crippen LogP contribution is 2.20. The summed E-state index contributed by atoms with van der Waals surface area (Å²) >= 11 is 1.50. The van der Waals surface area contributed by atoms with Gasteiger partial charge in [0.2, 0.25) is 0 Å². The largest absolute Gasteiger partial charge is 0.322 e. The van der Waals surface area contributed by atoms with Gasteiger partial charge in [0.25, 0.3) is 5.91 Å². The second kappa shape index (κ2) is 5.03. The zero-order valence-corrected chi connectivity index (χ0v) is 11.0. The first-order valence-corrected chi connectivity index (χ1v) is 6.41. The first kappa shape index (κ1) is 12.3. The van der Waals surface area contributed by atoms with Crippen molar-refractivity contribution in [3.8, 4) is 6.07 Å². The number of carbonyl (C=O) groups excluding carboxylic acids is 1. The molecule has 0 aliphatic carbocycles. The van der Waals surface area contributed by atoms with Gasteiger partial charge in [0.05, 0.1) is 17.2 Å². The van der Waals surface area contributed by atoms with Crippen molar-refractivity contribution < 1.29 is 4.79 Å². The van der Waals surface area contributed by atoms with Gasteiger partial charge >= 0.3 is 0 Å². The number of anilines is 1. The average molecular weight is 256 g/mol. The van der Waals surface area contributed by atoms with Crippen LogP contribution in [0.3, 0.4) is 0 Å². The summed E-state index contributed by atoms with van der Waals surface area (Å²) in [6.45, 7) is 3.81. The Bertz CT molecular complexity index is 637. The lowest BCUT2D eigenvalue weighted by molar-refractivity contribution is 0.102. The Morgan fingerprint density at radius 1 is 1.28 bits per heavy atom. The molecule has 0 fully saturated rings. The van der Waals surface area contributed by atoms with Crippen molar-refractivity contribution in [2.75, 3.05) is 5.32 Å². The molecule has 0 saturated carbocycles.